The molecule has 6 nitrogen and oxygen atoms in total. The number of nitrogen functional groups attached to an aromatic ring is 1. The van der Waals surface area contributed by atoms with E-state index in [0.717, 1.165) is 27.7 Å². The molecule has 4 rings (SSSR count). The smallest absolute Gasteiger partial charge is 0.241 e. The van der Waals surface area contributed by atoms with Gasteiger partial charge in [0.1, 0.15) is 13.2 Å². The van der Waals surface area contributed by atoms with Crippen molar-refractivity contribution in [1.29, 1.82) is 0 Å². The predicted octanol–water partition coefficient (Wildman–Crippen LogP) is 1.81. The Morgan fingerprint density at radius 1 is 1.21 bits per heavy atom. The fourth-order valence-electron chi connectivity index (χ4n) is 2.10. The first-order valence-electron chi connectivity index (χ1n) is 5.81. The minimum Gasteiger partial charge on any atom is -0.486 e. The van der Waals surface area contributed by atoms with E-state index in [1.165, 1.54) is 11.3 Å². The fourth-order valence-corrected chi connectivity index (χ4v) is 2.94. The van der Waals surface area contributed by atoms with Crippen molar-refractivity contribution in [2.45, 2.75) is 0 Å². The largest absolute Gasteiger partial charge is 0.486 e. The number of nitrogens with zero attached hydrogens (tertiary/aromatic N) is 3. The Balaban J connectivity index is 1.87. The molecule has 0 saturated carbocycles. The number of fused-ring (bicyclic) bond motifs is 2. The lowest BCUT2D eigenvalue weighted by molar-refractivity contribution is 0.171. The average molecular weight is 274 g/mol. The van der Waals surface area contributed by atoms with Gasteiger partial charge in [-0.15, -0.1) is 16.4 Å². The Morgan fingerprint density at radius 2 is 2.05 bits per heavy atom. The van der Waals surface area contributed by atoms with Crippen LogP contribution >= 0.6 is 11.3 Å². The highest BCUT2D eigenvalue weighted by molar-refractivity contribution is 7.15. The highest BCUT2D eigenvalue weighted by Gasteiger charge is 2.15. The Labute approximate surface area is 112 Å². The lowest BCUT2D eigenvalue weighted by atomic mass is 10.1. The first kappa shape index (κ1) is 10.6. The first-order valence-corrected chi connectivity index (χ1v) is 6.69. The molecule has 0 amide bonds. The molecule has 0 radical (unpaired) electrons. The third kappa shape index (κ3) is 1.62. The summed E-state index contributed by atoms with van der Waals surface area (Å²) in [5.41, 5.74) is 7.56. The molecule has 7 heteroatoms. The van der Waals surface area contributed by atoms with Gasteiger partial charge < -0.3 is 15.2 Å². The third-order valence-corrected chi connectivity index (χ3v) is 3.75. The molecule has 19 heavy (non-hydrogen) atoms. The van der Waals surface area contributed by atoms with Crippen LogP contribution in [0.5, 0.6) is 11.5 Å². The van der Waals surface area contributed by atoms with Crippen molar-refractivity contribution in [1.82, 2.24) is 14.6 Å². The van der Waals surface area contributed by atoms with Crippen LogP contribution in [0.25, 0.3) is 16.2 Å². The zero-order valence-electron chi connectivity index (χ0n) is 9.87. The standard InChI is InChI=1S/C12H10N4O2S/c13-11-14-12-16(15-11)8(6-19-12)7-1-2-9-10(5-7)18-4-3-17-9/h1-2,5-6H,3-4H2,(H2,13,15). The number of aromatic nitrogens is 3. The van der Waals surface area contributed by atoms with E-state index >= 15 is 0 Å². The topological polar surface area (TPSA) is 74.7 Å². The summed E-state index contributed by atoms with van der Waals surface area (Å²) in [6, 6.07) is 5.84. The van der Waals surface area contributed by atoms with Crippen LogP contribution in [-0.4, -0.2) is 27.8 Å². The maximum absolute atomic E-state index is 5.61. The summed E-state index contributed by atoms with van der Waals surface area (Å²) in [6.07, 6.45) is 0. The summed E-state index contributed by atoms with van der Waals surface area (Å²) in [5, 5.41) is 6.18. The van der Waals surface area contributed by atoms with Crippen molar-refractivity contribution in [3.63, 3.8) is 0 Å². The van der Waals surface area contributed by atoms with E-state index in [0.29, 0.717) is 13.2 Å². The molecule has 0 fully saturated rings. The first-order chi connectivity index (χ1) is 9.31. The SMILES string of the molecule is Nc1nc2scc(-c3ccc4c(c3)OCCO4)n2n1. The van der Waals surface area contributed by atoms with Gasteiger partial charge in [-0.3, -0.25) is 0 Å². The molecule has 0 unspecified atom stereocenters. The molecular weight excluding hydrogens is 264 g/mol. The summed E-state index contributed by atoms with van der Waals surface area (Å²) in [7, 11) is 0. The van der Waals surface area contributed by atoms with Crippen LogP contribution < -0.4 is 15.2 Å². The Bertz CT molecular complexity index is 764. The van der Waals surface area contributed by atoms with Crippen LogP contribution in [0.15, 0.2) is 23.6 Å². The number of benzene rings is 1. The summed E-state index contributed by atoms with van der Waals surface area (Å²) < 4.78 is 12.8. The second kappa shape index (κ2) is 3.86. The van der Waals surface area contributed by atoms with E-state index in [4.69, 9.17) is 15.2 Å². The molecule has 0 spiro atoms. The molecule has 1 aromatic carbocycles. The highest BCUT2D eigenvalue weighted by Crippen LogP contribution is 2.35. The number of hydrogen-bond donors (Lipinski definition) is 1. The number of ether oxygens (including phenoxy) is 2. The molecule has 2 N–H and O–H groups in total. The third-order valence-electron chi connectivity index (χ3n) is 2.94. The monoisotopic (exact) mass is 274 g/mol. The van der Waals surface area contributed by atoms with Gasteiger partial charge in [-0.05, 0) is 18.2 Å². The predicted molar refractivity (Wildman–Crippen MR) is 71.7 cm³/mol. The van der Waals surface area contributed by atoms with Gasteiger partial charge >= 0.3 is 0 Å². The Morgan fingerprint density at radius 3 is 2.95 bits per heavy atom. The maximum Gasteiger partial charge on any atom is 0.241 e. The molecule has 2 aromatic heterocycles. The summed E-state index contributed by atoms with van der Waals surface area (Å²) in [5.74, 6) is 1.82. The Kier molecular flexibility index (Phi) is 2.16. The number of nitrogens with two attached hydrogens (primary N) is 1. The van der Waals surface area contributed by atoms with E-state index < -0.39 is 0 Å². The molecule has 1 aliphatic rings. The highest BCUT2D eigenvalue weighted by atomic mass is 32.1. The van der Waals surface area contributed by atoms with Gasteiger partial charge in [-0.2, -0.15) is 4.98 Å². The molecule has 1 aliphatic heterocycles. The van der Waals surface area contributed by atoms with Crippen LogP contribution in [0, 0.1) is 0 Å². The van der Waals surface area contributed by atoms with Crippen LogP contribution in [0.1, 0.15) is 0 Å². The molecule has 3 aromatic rings. The van der Waals surface area contributed by atoms with Crippen molar-refractivity contribution in [3.05, 3.63) is 23.6 Å². The zero-order chi connectivity index (χ0) is 12.8. The second-order valence-corrected chi connectivity index (χ2v) is 4.98. The van der Waals surface area contributed by atoms with E-state index in [2.05, 4.69) is 10.1 Å². The van der Waals surface area contributed by atoms with E-state index in [1.807, 2.05) is 23.6 Å². The maximum atomic E-state index is 5.61. The van der Waals surface area contributed by atoms with Gasteiger partial charge in [0.2, 0.25) is 10.9 Å². The van der Waals surface area contributed by atoms with Gasteiger partial charge in [0.15, 0.2) is 11.5 Å². The molecule has 0 bridgehead atoms. The van der Waals surface area contributed by atoms with E-state index in [1.54, 1.807) is 4.52 Å². The van der Waals surface area contributed by atoms with Gasteiger partial charge in [0.05, 0.1) is 5.69 Å². The van der Waals surface area contributed by atoms with E-state index in [9.17, 15) is 0 Å². The Hall–Kier alpha value is -2.28. The lowest BCUT2D eigenvalue weighted by Crippen LogP contribution is -2.15. The normalized spacial score (nSPS) is 13.9. The number of thiazole rings is 1. The molecule has 0 aliphatic carbocycles. The molecule has 0 saturated heterocycles. The number of hydrogen-bond acceptors (Lipinski definition) is 6. The van der Waals surface area contributed by atoms with Crippen molar-refractivity contribution in [2.24, 2.45) is 0 Å². The average Bonchev–Trinajstić information content (AvgIpc) is 2.97. The van der Waals surface area contributed by atoms with Gasteiger partial charge in [0.25, 0.3) is 0 Å². The quantitative estimate of drug-likeness (QED) is 0.732. The van der Waals surface area contributed by atoms with Crippen molar-refractivity contribution < 1.29 is 9.47 Å². The molecule has 96 valence electrons. The minimum absolute atomic E-state index is 0.283. The van der Waals surface area contributed by atoms with E-state index in [-0.39, 0.29) is 5.95 Å². The minimum atomic E-state index is 0.283. The van der Waals surface area contributed by atoms with Crippen LogP contribution in [0.4, 0.5) is 5.95 Å². The van der Waals surface area contributed by atoms with Gasteiger partial charge in [0, 0.05) is 10.9 Å². The summed E-state index contributed by atoms with van der Waals surface area (Å²) in [4.78, 5) is 4.92. The van der Waals surface area contributed by atoms with Crippen LogP contribution in [-0.2, 0) is 0 Å². The zero-order valence-corrected chi connectivity index (χ0v) is 10.7. The van der Waals surface area contributed by atoms with Gasteiger partial charge in [-0.1, -0.05) is 0 Å². The molecule has 0 atom stereocenters. The second-order valence-electron chi connectivity index (χ2n) is 4.14. The van der Waals surface area contributed by atoms with Crippen LogP contribution in [0.2, 0.25) is 0 Å². The fraction of sp³-hybridized carbons (Fsp3) is 0.167. The van der Waals surface area contributed by atoms with Crippen molar-refractivity contribution in [3.8, 4) is 22.8 Å². The number of anilines is 1. The number of rotatable bonds is 1. The lowest BCUT2D eigenvalue weighted by Gasteiger charge is -2.18. The van der Waals surface area contributed by atoms with Crippen molar-refractivity contribution in [2.75, 3.05) is 18.9 Å². The van der Waals surface area contributed by atoms with Crippen molar-refractivity contribution >= 4 is 22.2 Å². The molecule has 3 heterocycles. The van der Waals surface area contributed by atoms with Crippen LogP contribution in [0.3, 0.4) is 0 Å². The van der Waals surface area contributed by atoms with Gasteiger partial charge in [-0.25, -0.2) is 4.52 Å². The summed E-state index contributed by atoms with van der Waals surface area (Å²) >= 11 is 1.50. The summed E-state index contributed by atoms with van der Waals surface area (Å²) in [6.45, 7) is 1.17. The molecular formula is C12H10N4O2S.